The van der Waals surface area contributed by atoms with Gasteiger partial charge in [-0.25, -0.2) is 9.97 Å². The predicted molar refractivity (Wildman–Crippen MR) is 73.2 cm³/mol. The molecule has 2 atom stereocenters. The molecule has 0 aromatic carbocycles. The summed E-state index contributed by atoms with van der Waals surface area (Å²) in [5.74, 6) is 0.672. The van der Waals surface area contributed by atoms with Crippen molar-refractivity contribution >= 4 is 17.4 Å². The number of hydrogen-bond acceptors (Lipinski definition) is 4. The molecule has 1 aromatic heterocycles. The number of likely N-dealkylation sites (N-methyl/N-ethyl adjacent to an activating group) is 1. The summed E-state index contributed by atoms with van der Waals surface area (Å²) in [6.45, 7) is 3.82. The Hall–Kier alpha value is -0.870. The van der Waals surface area contributed by atoms with Crippen LogP contribution in [-0.2, 0) is 0 Å². The third-order valence-electron chi connectivity index (χ3n) is 3.77. The lowest BCUT2D eigenvalue weighted by molar-refractivity contribution is 0.106. The Bertz CT molecular complexity index is 438. The third-order valence-corrected chi connectivity index (χ3v) is 4.03. The predicted octanol–water partition coefficient (Wildman–Crippen LogP) is 2.49. The minimum absolute atomic E-state index is 0.0904. The first kappa shape index (κ1) is 13.6. The number of aliphatic hydroxyl groups is 1. The van der Waals surface area contributed by atoms with Crippen LogP contribution in [0.3, 0.4) is 0 Å². The fraction of sp³-hybridized carbons (Fsp3) is 0.692. The molecule has 1 aromatic rings. The van der Waals surface area contributed by atoms with Crippen LogP contribution >= 0.6 is 11.6 Å². The van der Waals surface area contributed by atoms with Crippen molar-refractivity contribution in [3.8, 4) is 0 Å². The summed E-state index contributed by atoms with van der Waals surface area (Å²) in [5.41, 5.74) is 1.73. The molecule has 1 aliphatic carbocycles. The smallest absolute Gasteiger partial charge is 0.171 e. The molecular weight excluding hydrogens is 250 g/mol. The lowest BCUT2D eigenvalue weighted by atomic mass is 9.91. The molecule has 0 spiro atoms. The number of hydrogen-bond donors (Lipinski definition) is 1. The Kier molecular flexibility index (Phi) is 4.07. The normalized spacial score (nSPS) is 24.1. The van der Waals surface area contributed by atoms with Crippen molar-refractivity contribution in [3.05, 3.63) is 16.5 Å². The zero-order chi connectivity index (χ0) is 13.3. The van der Waals surface area contributed by atoms with Crippen LogP contribution in [0.25, 0.3) is 0 Å². The van der Waals surface area contributed by atoms with Gasteiger partial charge in [0.1, 0.15) is 0 Å². The van der Waals surface area contributed by atoms with Gasteiger partial charge < -0.3 is 10.0 Å². The van der Waals surface area contributed by atoms with Crippen LogP contribution in [0, 0.1) is 13.8 Å². The maximum absolute atomic E-state index is 10.1. The van der Waals surface area contributed by atoms with Gasteiger partial charge >= 0.3 is 0 Å². The zero-order valence-corrected chi connectivity index (χ0v) is 11.9. The Morgan fingerprint density at radius 3 is 2.44 bits per heavy atom. The molecule has 0 saturated heterocycles. The standard InChI is InChI=1S/C13H20ClN3O/c1-8-9(2)16-13(12(14)15-8)17(3)10-6-4-5-7-11(10)18/h10-11,18H,4-7H2,1-3H3. The van der Waals surface area contributed by atoms with Crippen LogP contribution < -0.4 is 4.90 Å². The lowest BCUT2D eigenvalue weighted by Crippen LogP contribution is -2.44. The molecule has 1 saturated carbocycles. The van der Waals surface area contributed by atoms with Crippen LogP contribution in [0.15, 0.2) is 0 Å². The molecule has 2 unspecified atom stereocenters. The van der Waals surface area contributed by atoms with E-state index in [1.54, 1.807) is 0 Å². The average molecular weight is 270 g/mol. The van der Waals surface area contributed by atoms with Gasteiger partial charge in [-0.3, -0.25) is 0 Å². The van der Waals surface area contributed by atoms with Crippen molar-refractivity contribution in [3.63, 3.8) is 0 Å². The molecule has 0 radical (unpaired) electrons. The molecule has 1 heterocycles. The SMILES string of the molecule is Cc1nc(Cl)c(N(C)C2CCCCC2O)nc1C. The van der Waals surface area contributed by atoms with Gasteiger partial charge in [-0.15, -0.1) is 0 Å². The van der Waals surface area contributed by atoms with Crippen molar-refractivity contribution in [2.24, 2.45) is 0 Å². The first-order chi connectivity index (χ1) is 8.50. The van der Waals surface area contributed by atoms with Crippen LogP contribution in [0.1, 0.15) is 37.1 Å². The van der Waals surface area contributed by atoms with E-state index in [4.69, 9.17) is 11.6 Å². The highest BCUT2D eigenvalue weighted by Gasteiger charge is 2.28. The molecule has 18 heavy (non-hydrogen) atoms. The van der Waals surface area contributed by atoms with Gasteiger partial charge in [0.15, 0.2) is 11.0 Å². The van der Waals surface area contributed by atoms with E-state index in [1.807, 2.05) is 25.8 Å². The van der Waals surface area contributed by atoms with Crippen LogP contribution in [0.4, 0.5) is 5.82 Å². The number of halogens is 1. The largest absolute Gasteiger partial charge is 0.391 e. The fourth-order valence-electron chi connectivity index (χ4n) is 2.49. The Labute approximate surface area is 113 Å². The van der Waals surface area contributed by atoms with Gasteiger partial charge in [0.05, 0.1) is 23.5 Å². The molecule has 1 fully saturated rings. The first-order valence-electron chi connectivity index (χ1n) is 6.42. The molecule has 2 rings (SSSR count). The summed E-state index contributed by atoms with van der Waals surface area (Å²) in [6.07, 6.45) is 3.76. The molecule has 1 N–H and O–H groups in total. The van der Waals surface area contributed by atoms with E-state index < -0.39 is 0 Å². The first-order valence-corrected chi connectivity index (χ1v) is 6.80. The minimum atomic E-state index is -0.303. The van der Waals surface area contributed by atoms with Gasteiger partial charge in [-0.2, -0.15) is 0 Å². The van der Waals surface area contributed by atoms with Crippen molar-refractivity contribution in [2.45, 2.75) is 51.7 Å². The van der Waals surface area contributed by atoms with Crippen LogP contribution in [-0.4, -0.2) is 34.3 Å². The summed E-state index contributed by atoms with van der Waals surface area (Å²) in [5, 5.41) is 10.5. The minimum Gasteiger partial charge on any atom is -0.391 e. The van der Waals surface area contributed by atoms with Gasteiger partial charge in [-0.1, -0.05) is 24.4 Å². The van der Waals surface area contributed by atoms with E-state index in [1.165, 1.54) is 0 Å². The highest BCUT2D eigenvalue weighted by atomic mass is 35.5. The fourth-order valence-corrected chi connectivity index (χ4v) is 2.79. The van der Waals surface area contributed by atoms with E-state index in [0.29, 0.717) is 11.0 Å². The highest BCUT2D eigenvalue weighted by Crippen LogP contribution is 2.29. The van der Waals surface area contributed by atoms with Gasteiger partial charge in [0.2, 0.25) is 0 Å². The number of nitrogens with zero attached hydrogens (tertiary/aromatic N) is 3. The number of aliphatic hydroxyl groups excluding tert-OH is 1. The molecule has 0 amide bonds. The molecule has 100 valence electrons. The van der Waals surface area contributed by atoms with Crippen molar-refractivity contribution in [2.75, 3.05) is 11.9 Å². The summed E-state index contributed by atoms with van der Waals surface area (Å²) < 4.78 is 0. The molecule has 5 heteroatoms. The van der Waals surface area contributed by atoms with Gasteiger partial charge in [0.25, 0.3) is 0 Å². The lowest BCUT2D eigenvalue weighted by Gasteiger charge is -2.36. The molecular formula is C13H20ClN3O. The topological polar surface area (TPSA) is 49.2 Å². The maximum Gasteiger partial charge on any atom is 0.171 e. The number of anilines is 1. The van der Waals surface area contributed by atoms with Gasteiger partial charge in [-0.05, 0) is 26.7 Å². The van der Waals surface area contributed by atoms with Gasteiger partial charge in [0, 0.05) is 7.05 Å². The van der Waals surface area contributed by atoms with Crippen molar-refractivity contribution in [1.82, 2.24) is 9.97 Å². The average Bonchev–Trinajstić information content (AvgIpc) is 2.33. The van der Waals surface area contributed by atoms with Crippen molar-refractivity contribution in [1.29, 1.82) is 0 Å². The second-order valence-electron chi connectivity index (χ2n) is 5.04. The summed E-state index contributed by atoms with van der Waals surface area (Å²) in [7, 11) is 1.93. The quantitative estimate of drug-likeness (QED) is 0.896. The second-order valence-corrected chi connectivity index (χ2v) is 5.40. The van der Waals surface area contributed by atoms with Crippen molar-refractivity contribution < 1.29 is 5.11 Å². The number of aryl methyl sites for hydroxylation is 2. The Morgan fingerprint density at radius 2 is 1.78 bits per heavy atom. The van der Waals surface area contributed by atoms with E-state index in [9.17, 15) is 5.11 Å². The van der Waals surface area contributed by atoms with Crippen LogP contribution in [0.2, 0.25) is 5.15 Å². The Morgan fingerprint density at radius 1 is 1.17 bits per heavy atom. The monoisotopic (exact) mass is 269 g/mol. The maximum atomic E-state index is 10.1. The van der Waals surface area contributed by atoms with E-state index >= 15 is 0 Å². The number of rotatable bonds is 2. The molecule has 0 bridgehead atoms. The van der Waals surface area contributed by atoms with E-state index in [0.717, 1.165) is 37.1 Å². The van der Waals surface area contributed by atoms with Crippen LogP contribution in [0.5, 0.6) is 0 Å². The highest BCUT2D eigenvalue weighted by molar-refractivity contribution is 6.31. The van der Waals surface area contributed by atoms with E-state index in [2.05, 4.69) is 9.97 Å². The summed E-state index contributed by atoms with van der Waals surface area (Å²) >= 11 is 6.17. The molecule has 0 aliphatic heterocycles. The second kappa shape index (κ2) is 5.41. The summed E-state index contributed by atoms with van der Waals surface area (Å²) in [6, 6.07) is 0.0904. The third kappa shape index (κ3) is 2.59. The summed E-state index contributed by atoms with van der Waals surface area (Å²) in [4.78, 5) is 10.8. The number of aromatic nitrogens is 2. The van der Waals surface area contributed by atoms with E-state index in [-0.39, 0.29) is 12.1 Å². The molecule has 1 aliphatic rings. The Balaban J connectivity index is 2.27. The molecule has 4 nitrogen and oxygen atoms in total. The zero-order valence-electron chi connectivity index (χ0n) is 11.1.